The molecule has 0 aliphatic carbocycles. The van der Waals surface area contributed by atoms with Crippen LogP contribution < -0.4 is 0 Å². The van der Waals surface area contributed by atoms with Crippen molar-refractivity contribution in [2.45, 2.75) is 32.5 Å². The quantitative estimate of drug-likeness (QED) is 0.682. The fourth-order valence-electron chi connectivity index (χ4n) is 1.11. The molecule has 4 heteroatoms. The minimum Gasteiger partial charge on any atom is -0.481 e. The Morgan fingerprint density at radius 1 is 1.31 bits per heavy atom. The third-order valence-corrected chi connectivity index (χ3v) is 2.24. The highest BCUT2D eigenvalue weighted by Gasteiger charge is 2.26. The van der Waals surface area contributed by atoms with Gasteiger partial charge in [-0.15, -0.1) is 0 Å². The average molecular weight is 190 g/mol. The number of carbonyl (C=O) groups is 1. The summed E-state index contributed by atoms with van der Waals surface area (Å²) in [5, 5.41) is 8.88. The zero-order chi connectivity index (χ0) is 10.4. The first-order valence-corrected chi connectivity index (χ1v) is 4.31. The summed E-state index contributed by atoms with van der Waals surface area (Å²) in [6, 6.07) is 0. The van der Waals surface area contributed by atoms with E-state index in [1.807, 2.05) is 6.92 Å². The molecular weight excluding hydrogens is 172 g/mol. The molecule has 78 valence electrons. The van der Waals surface area contributed by atoms with Gasteiger partial charge >= 0.3 is 5.97 Å². The number of ether oxygens (including phenoxy) is 2. The molecule has 0 spiro atoms. The Balaban J connectivity index is 4.17. The van der Waals surface area contributed by atoms with Crippen LogP contribution in [0.1, 0.15) is 20.3 Å². The minimum absolute atomic E-state index is 0.0568. The molecule has 3 unspecified atom stereocenters. The Labute approximate surface area is 78.8 Å². The van der Waals surface area contributed by atoms with Crippen LogP contribution in [-0.4, -0.2) is 37.5 Å². The molecule has 0 amide bonds. The highest BCUT2D eigenvalue weighted by Crippen LogP contribution is 2.15. The first-order valence-electron chi connectivity index (χ1n) is 4.31. The van der Waals surface area contributed by atoms with Crippen LogP contribution in [0.5, 0.6) is 0 Å². The van der Waals surface area contributed by atoms with Gasteiger partial charge in [-0.2, -0.15) is 0 Å². The summed E-state index contributed by atoms with van der Waals surface area (Å²) in [7, 11) is 3.08. The smallest absolute Gasteiger partial charge is 0.309 e. The summed E-state index contributed by atoms with van der Waals surface area (Å²) < 4.78 is 9.99. The normalized spacial score (nSPS) is 17.8. The van der Waals surface area contributed by atoms with Crippen molar-refractivity contribution in [1.82, 2.24) is 0 Å². The summed E-state index contributed by atoms with van der Waals surface area (Å²) in [6.07, 6.45) is 0.134. The van der Waals surface area contributed by atoms with Gasteiger partial charge in [-0.1, -0.05) is 0 Å². The first-order chi connectivity index (χ1) is 6.02. The standard InChI is InChI=1S/C9H18O4/c1-6(12-3)5-8(9(10)11)7(2)13-4/h6-8H,5H2,1-4H3,(H,10,11). The van der Waals surface area contributed by atoms with Crippen molar-refractivity contribution < 1.29 is 19.4 Å². The molecule has 0 heterocycles. The number of rotatable bonds is 6. The van der Waals surface area contributed by atoms with Gasteiger partial charge in [0.1, 0.15) is 0 Å². The second kappa shape index (κ2) is 5.94. The minimum atomic E-state index is -0.835. The lowest BCUT2D eigenvalue weighted by Gasteiger charge is -2.21. The summed E-state index contributed by atoms with van der Waals surface area (Å²) in [5.41, 5.74) is 0. The van der Waals surface area contributed by atoms with Gasteiger partial charge in [0.2, 0.25) is 0 Å². The van der Waals surface area contributed by atoms with E-state index >= 15 is 0 Å². The number of carboxylic acids is 1. The van der Waals surface area contributed by atoms with Crippen molar-refractivity contribution in [3.8, 4) is 0 Å². The molecule has 0 rings (SSSR count). The molecule has 13 heavy (non-hydrogen) atoms. The second-order valence-electron chi connectivity index (χ2n) is 3.17. The summed E-state index contributed by atoms with van der Waals surface area (Å²) in [4.78, 5) is 10.8. The predicted molar refractivity (Wildman–Crippen MR) is 48.7 cm³/mol. The summed E-state index contributed by atoms with van der Waals surface area (Å²) >= 11 is 0. The van der Waals surface area contributed by atoms with Crippen LogP contribution in [0.2, 0.25) is 0 Å². The topological polar surface area (TPSA) is 55.8 Å². The van der Waals surface area contributed by atoms with E-state index in [2.05, 4.69) is 0 Å². The largest absolute Gasteiger partial charge is 0.481 e. The molecular formula is C9H18O4. The monoisotopic (exact) mass is 190 g/mol. The van der Waals surface area contributed by atoms with Crippen LogP contribution in [0.25, 0.3) is 0 Å². The van der Waals surface area contributed by atoms with E-state index in [4.69, 9.17) is 14.6 Å². The maximum Gasteiger partial charge on any atom is 0.309 e. The third-order valence-electron chi connectivity index (χ3n) is 2.24. The van der Waals surface area contributed by atoms with E-state index in [0.29, 0.717) is 6.42 Å². The lowest BCUT2D eigenvalue weighted by Crippen LogP contribution is -2.30. The molecule has 3 atom stereocenters. The van der Waals surface area contributed by atoms with E-state index in [9.17, 15) is 4.79 Å². The molecule has 0 aliphatic heterocycles. The van der Waals surface area contributed by atoms with Crippen LogP contribution >= 0.6 is 0 Å². The number of aliphatic carboxylic acids is 1. The predicted octanol–water partition coefficient (Wildman–Crippen LogP) is 1.15. The van der Waals surface area contributed by atoms with Gasteiger partial charge in [0, 0.05) is 14.2 Å². The van der Waals surface area contributed by atoms with Gasteiger partial charge in [0.05, 0.1) is 18.1 Å². The molecule has 4 nitrogen and oxygen atoms in total. The highest BCUT2D eigenvalue weighted by molar-refractivity contribution is 5.70. The molecule has 0 aromatic heterocycles. The Hall–Kier alpha value is -0.610. The lowest BCUT2D eigenvalue weighted by atomic mass is 9.97. The second-order valence-corrected chi connectivity index (χ2v) is 3.17. The Kier molecular flexibility index (Phi) is 5.66. The summed E-state index contributed by atoms with van der Waals surface area (Å²) in [5.74, 6) is -1.34. The highest BCUT2D eigenvalue weighted by atomic mass is 16.5. The molecule has 0 fully saturated rings. The van der Waals surface area contributed by atoms with Crippen molar-refractivity contribution in [2.24, 2.45) is 5.92 Å². The number of carboxylic acid groups (broad SMARTS) is 1. The van der Waals surface area contributed by atoms with Crippen molar-refractivity contribution in [3.63, 3.8) is 0 Å². The van der Waals surface area contributed by atoms with Gasteiger partial charge in [0.15, 0.2) is 0 Å². The molecule has 0 aromatic rings. The molecule has 1 N–H and O–H groups in total. The number of hydrogen-bond donors (Lipinski definition) is 1. The van der Waals surface area contributed by atoms with E-state index in [1.54, 1.807) is 14.0 Å². The van der Waals surface area contributed by atoms with Gasteiger partial charge in [-0.3, -0.25) is 4.79 Å². The number of methoxy groups -OCH3 is 2. The van der Waals surface area contributed by atoms with E-state index in [0.717, 1.165) is 0 Å². The van der Waals surface area contributed by atoms with Crippen LogP contribution in [0.15, 0.2) is 0 Å². The third kappa shape index (κ3) is 4.24. The van der Waals surface area contributed by atoms with Gasteiger partial charge in [0.25, 0.3) is 0 Å². The van der Waals surface area contributed by atoms with Crippen molar-refractivity contribution in [2.75, 3.05) is 14.2 Å². The van der Waals surface area contributed by atoms with Crippen LogP contribution in [0.3, 0.4) is 0 Å². The van der Waals surface area contributed by atoms with Gasteiger partial charge < -0.3 is 14.6 Å². The fourth-order valence-corrected chi connectivity index (χ4v) is 1.11. The van der Waals surface area contributed by atoms with Crippen LogP contribution in [0, 0.1) is 5.92 Å². The van der Waals surface area contributed by atoms with Crippen molar-refractivity contribution in [3.05, 3.63) is 0 Å². The Morgan fingerprint density at radius 3 is 2.15 bits per heavy atom. The first kappa shape index (κ1) is 12.4. The summed E-state index contributed by atoms with van der Waals surface area (Å²) in [6.45, 7) is 3.60. The van der Waals surface area contributed by atoms with Crippen LogP contribution in [-0.2, 0) is 14.3 Å². The van der Waals surface area contributed by atoms with Crippen molar-refractivity contribution in [1.29, 1.82) is 0 Å². The SMILES string of the molecule is COC(C)CC(C(=O)O)C(C)OC. The van der Waals surface area contributed by atoms with E-state index in [-0.39, 0.29) is 12.2 Å². The molecule has 0 saturated heterocycles. The molecule has 0 radical (unpaired) electrons. The maximum absolute atomic E-state index is 10.8. The maximum atomic E-state index is 10.8. The average Bonchev–Trinajstić information content (AvgIpc) is 2.11. The Morgan fingerprint density at radius 2 is 1.85 bits per heavy atom. The molecule has 0 saturated carbocycles. The van der Waals surface area contributed by atoms with Gasteiger partial charge in [-0.05, 0) is 20.3 Å². The molecule has 0 bridgehead atoms. The van der Waals surface area contributed by atoms with E-state index in [1.165, 1.54) is 7.11 Å². The van der Waals surface area contributed by atoms with E-state index < -0.39 is 11.9 Å². The molecule has 0 aromatic carbocycles. The zero-order valence-electron chi connectivity index (χ0n) is 8.61. The number of hydrogen-bond acceptors (Lipinski definition) is 3. The zero-order valence-corrected chi connectivity index (χ0v) is 8.61. The van der Waals surface area contributed by atoms with Crippen molar-refractivity contribution >= 4 is 5.97 Å². The fraction of sp³-hybridized carbons (Fsp3) is 0.889. The van der Waals surface area contributed by atoms with Gasteiger partial charge in [-0.25, -0.2) is 0 Å². The van der Waals surface area contributed by atoms with Crippen LogP contribution in [0.4, 0.5) is 0 Å². The Bertz CT molecular complexity index is 158. The lowest BCUT2D eigenvalue weighted by molar-refractivity contribution is -0.147. The molecule has 0 aliphatic rings.